The number of carbonyl (C=O) groups excluding carboxylic acids is 3. The molecular formula is C23H17ClN4O6. The van der Waals surface area contributed by atoms with E-state index < -0.39 is 22.7 Å². The number of benzene rings is 3. The van der Waals surface area contributed by atoms with Gasteiger partial charge in [-0.1, -0.05) is 23.7 Å². The van der Waals surface area contributed by atoms with Crippen molar-refractivity contribution in [2.24, 2.45) is 5.10 Å². The molecule has 3 aromatic carbocycles. The Balaban J connectivity index is 1.55. The fraction of sp³-hybridized carbons (Fsp3) is 0.0435. The Kier molecular flexibility index (Phi) is 8.03. The molecule has 3 aromatic rings. The number of non-ortho nitro benzene ring substituents is 1. The summed E-state index contributed by atoms with van der Waals surface area (Å²) in [5.41, 5.74) is 2.99. The molecule has 0 atom stereocenters. The maximum absolute atomic E-state index is 12.4. The quantitative estimate of drug-likeness (QED) is 0.166. The second kappa shape index (κ2) is 11.3. The van der Waals surface area contributed by atoms with E-state index in [2.05, 4.69) is 15.8 Å². The summed E-state index contributed by atoms with van der Waals surface area (Å²) in [7, 11) is 0. The lowest BCUT2D eigenvalue weighted by molar-refractivity contribution is -0.384. The monoisotopic (exact) mass is 480 g/mol. The number of nitro groups is 1. The van der Waals surface area contributed by atoms with Crippen molar-refractivity contribution < 1.29 is 24.0 Å². The summed E-state index contributed by atoms with van der Waals surface area (Å²) in [6.07, 6.45) is 1.28. The minimum Gasteiger partial charge on any atom is -0.422 e. The second-order valence-electron chi connectivity index (χ2n) is 6.71. The molecule has 2 N–H and O–H groups in total. The summed E-state index contributed by atoms with van der Waals surface area (Å²) in [5.74, 6) is -1.57. The average molecular weight is 481 g/mol. The molecule has 0 saturated carbocycles. The van der Waals surface area contributed by atoms with Gasteiger partial charge in [0.1, 0.15) is 5.75 Å². The van der Waals surface area contributed by atoms with Crippen LogP contribution in [0.15, 0.2) is 77.9 Å². The number of ether oxygens (including phenoxy) is 1. The molecule has 10 nitrogen and oxygen atoms in total. The Hall–Kier alpha value is -4.57. The molecule has 0 bridgehead atoms. The van der Waals surface area contributed by atoms with E-state index in [1.807, 2.05) is 0 Å². The first kappa shape index (κ1) is 24.1. The van der Waals surface area contributed by atoms with Crippen molar-refractivity contribution in [1.29, 1.82) is 0 Å². The number of rotatable bonds is 8. The third-order valence-electron chi connectivity index (χ3n) is 4.34. The molecule has 2 amide bonds. The van der Waals surface area contributed by atoms with Crippen molar-refractivity contribution in [3.63, 3.8) is 0 Å². The number of hydrogen-bond acceptors (Lipinski definition) is 7. The van der Waals surface area contributed by atoms with Gasteiger partial charge in [0.05, 0.1) is 23.2 Å². The fourth-order valence-corrected chi connectivity index (χ4v) is 2.76. The van der Waals surface area contributed by atoms with Gasteiger partial charge in [0, 0.05) is 28.3 Å². The molecule has 0 unspecified atom stereocenters. The molecule has 34 heavy (non-hydrogen) atoms. The van der Waals surface area contributed by atoms with Crippen LogP contribution in [-0.4, -0.2) is 35.5 Å². The van der Waals surface area contributed by atoms with Crippen LogP contribution in [0.2, 0.25) is 5.02 Å². The maximum atomic E-state index is 12.4. The van der Waals surface area contributed by atoms with Crippen LogP contribution in [0.4, 0.5) is 5.69 Å². The van der Waals surface area contributed by atoms with Gasteiger partial charge in [0.25, 0.3) is 17.5 Å². The van der Waals surface area contributed by atoms with Crippen molar-refractivity contribution in [3.8, 4) is 5.75 Å². The van der Waals surface area contributed by atoms with Crippen molar-refractivity contribution in [2.75, 3.05) is 6.54 Å². The Morgan fingerprint density at radius 3 is 2.29 bits per heavy atom. The van der Waals surface area contributed by atoms with Gasteiger partial charge in [-0.3, -0.25) is 19.7 Å². The van der Waals surface area contributed by atoms with E-state index in [9.17, 15) is 24.5 Å². The normalized spacial score (nSPS) is 10.5. The van der Waals surface area contributed by atoms with Crippen LogP contribution in [-0.2, 0) is 4.79 Å². The summed E-state index contributed by atoms with van der Waals surface area (Å²) in [6, 6.07) is 17.6. The lowest BCUT2D eigenvalue weighted by Crippen LogP contribution is -2.34. The van der Waals surface area contributed by atoms with Gasteiger partial charge in [-0.2, -0.15) is 5.10 Å². The summed E-state index contributed by atoms with van der Waals surface area (Å²) in [5, 5.41) is 17.5. The molecule has 3 rings (SSSR count). The van der Waals surface area contributed by atoms with Gasteiger partial charge in [-0.25, -0.2) is 10.2 Å². The van der Waals surface area contributed by atoms with E-state index >= 15 is 0 Å². The zero-order valence-corrected chi connectivity index (χ0v) is 18.2. The number of hydrazone groups is 1. The molecule has 172 valence electrons. The van der Waals surface area contributed by atoms with Crippen molar-refractivity contribution in [3.05, 3.63) is 105 Å². The minimum atomic E-state index is -0.718. The van der Waals surface area contributed by atoms with Gasteiger partial charge in [0.2, 0.25) is 0 Å². The van der Waals surface area contributed by atoms with Crippen LogP contribution in [0.3, 0.4) is 0 Å². The van der Waals surface area contributed by atoms with E-state index in [4.69, 9.17) is 16.3 Å². The Morgan fingerprint density at radius 2 is 1.62 bits per heavy atom. The van der Waals surface area contributed by atoms with E-state index in [0.717, 1.165) is 0 Å². The highest BCUT2D eigenvalue weighted by Gasteiger charge is 2.13. The lowest BCUT2D eigenvalue weighted by atomic mass is 10.2. The predicted molar refractivity (Wildman–Crippen MR) is 124 cm³/mol. The highest BCUT2D eigenvalue weighted by molar-refractivity contribution is 6.30. The number of nitrogens with one attached hydrogen (secondary N) is 2. The molecule has 11 heteroatoms. The number of para-hydroxylation sites is 1. The third-order valence-corrected chi connectivity index (χ3v) is 4.60. The van der Waals surface area contributed by atoms with Crippen LogP contribution in [0.5, 0.6) is 5.75 Å². The van der Waals surface area contributed by atoms with E-state index in [1.54, 1.807) is 30.3 Å². The van der Waals surface area contributed by atoms with Gasteiger partial charge < -0.3 is 10.1 Å². The first-order valence-corrected chi connectivity index (χ1v) is 10.1. The predicted octanol–water partition coefficient (Wildman–Crippen LogP) is 3.35. The highest BCUT2D eigenvalue weighted by atomic mass is 35.5. The highest BCUT2D eigenvalue weighted by Crippen LogP contribution is 2.19. The Bertz CT molecular complexity index is 1240. The molecule has 0 radical (unpaired) electrons. The molecule has 0 heterocycles. The molecule has 0 aliphatic carbocycles. The summed E-state index contributed by atoms with van der Waals surface area (Å²) < 4.78 is 5.35. The first-order valence-electron chi connectivity index (χ1n) is 9.75. The third kappa shape index (κ3) is 6.71. The smallest absolute Gasteiger partial charge is 0.343 e. The maximum Gasteiger partial charge on any atom is 0.343 e. The summed E-state index contributed by atoms with van der Waals surface area (Å²) in [6.45, 7) is -0.310. The SMILES string of the molecule is O=C(CNC(=O)c1ccc(Cl)cc1)N/N=C\c1ccccc1OC(=O)c1ccc([N+](=O)[O-])cc1. The largest absolute Gasteiger partial charge is 0.422 e. The van der Waals surface area contributed by atoms with Gasteiger partial charge in [-0.15, -0.1) is 0 Å². The number of carbonyl (C=O) groups is 3. The average Bonchev–Trinajstić information content (AvgIpc) is 2.84. The van der Waals surface area contributed by atoms with E-state index in [-0.39, 0.29) is 23.5 Å². The van der Waals surface area contributed by atoms with Crippen LogP contribution in [0.1, 0.15) is 26.3 Å². The molecule has 0 spiro atoms. The Labute approximate surface area is 198 Å². The number of halogens is 1. The second-order valence-corrected chi connectivity index (χ2v) is 7.15. The molecule has 0 aliphatic heterocycles. The zero-order valence-electron chi connectivity index (χ0n) is 17.4. The summed E-state index contributed by atoms with van der Waals surface area (Å²) >= 11 is 5.78. The van der Waals surface area contributed by atoms with E-state index in [0.29, 0.717) is 16.1 Å². The van der Waals surface area contributed by atoms with Crippen molar-refractivity contribution >= 4 is 41.3 Å². The molecule has 0 fully saturated rings. The van der Waals surface area contributed by atoms with Gasteiger partial charge >= 0.3 is 5.97 Å². The standard InChI is InChI=1S/C23H17ClN4O6/c24-18-9-5-15(6-10-18)22(30)25-14-21(29)27-26-13-17-3-1-2-4-20(17)34-23(31)16-7-11-19(12-8-16)28(32)33/h1-13H,14H2,(H,25,30)(H,27,29)/b26-13-. The van der Waals surface area contributed by atoms with Gasteiger partial charge in [0.15, 0.2) is 0 Å². The Morgan fingerprint density at radius 1 is 0.971 bits per heavy atom. The molecular weight excluding hydrogens is 464 g/mol. The summed E-state index contributed by atoms with van der Waals surface area (Å²) in [4.78, 5) is 46.5. The first-order chi connectivity index (χ1) is 16.3. The van der Waals surface area contributed by atoms with Crippen LogP contribution in [0.25, 0.3) is 0 Å². The van der Waals surface area contributed by atoms with E-state index in [1.165, 1.54) is 48.7 Å². The molecule has 0 aromatic heterocycles. The number of nitrogens with zero attached hydrogens (tertiary/aromatic N) is 2. The number of hydrogen-bond donors (Lipinski definition) is 2. The van der Waals surface area contributed by atoms with Crippen molar-refractivity contribution in [2.45, 2.75) is 0 Å². The zero-order chi connectivity index (χ0) is 24.5. The number of esters is 1. The lowest BCUT2D eigenvalue weighted by Gasteiger charge is -2.07. The fourth-order valence-electron chi connectivity index (χ4n) is 2.64. The van der Waals surface area contributed by atoms with Crippen LogP contribution in [0, 0.1) is 10.1 Å². The van der Waals surface area contributed by atoms with Crippen molar-refractivity contribution in [1.82, 2.24) is 10.7 Å². The molecule has 0 aliphatic rings. The van der Waals surface area contributed by atoms with Crippen LogP contribution >= 0.6 is 11.6 Å². The minimum absolute atomic E-state index is 0.127. The molecule has 0 saturated heterocycles. The number of nitro benzene ring substituents is 1. The number of amides is 2. The van der Waals surface area contributed by atoms with Gasteiger partial charge in [-0.05, 0) is 48.5 Å². The van der Waals surface area contributed by atoms with Crippen LogP contribution < -0.4 is 15.5 Å². The topological polar surface area (TPSA) is 140 Å².